The van der Waals surface area contributed by atoms with Gasteiger partial charge in [-0.15, -0.1) is 0 Å². The summed E-state index contributed by atoms with van der Waals surface area (Å²) >= 11 is 0. The van der Waals surface area contributed by atoms with Gasteiger partial charge in [-0.3, -0.25) is 0 Å². The van der Waals surface area contributed by atoms with Gasteiger partial charge in [0.05, 0.1) is 0 Å². The molecule has 1 aliphatic heterocycles. The zero-order chi connectivity index (χ0) is 9.62. The predicted octanol–water partition coefficient (Wildman–Crippen LogP) is -0.474. The summed E-state index contributed by atoms with van der Waals surface area (Å²) < 4.78 is 41.6. The summed E-state index contributed by atoms with van der Waals surface area (Å²) in [6, 6.07) is 0. The smallest absolute Gasteiger partial charge is 0.412 e. The first-order valence-corrected chi connectivity index (χ1v) is 6.73. The molecule has 13 heteroatoms. The Balaban J connectivity index is 0.00000144. The minimum absolute atomic E-state index is 0. The first-order chi connectivity index (χ1) is 5.12. The van der Waals surface area contributed by atoms with Gasteiger partial charge in [-0.1, -0.05) is 0 Å². The molecule has 0 aliphatic carbocycles. The van der Waals surface area contributed by atoms with Crippen molar-refractivity contribution in [2.24, 2.45) is 0 Å². The van der Waals surface area contributed by atoms with Crippen molar-refractivity contribution < 1.29 is 46.8 Å². The fourth-order valence-electron chi connectivity index (χ4n) is 0.436. The van der Waals surface area contributed by atoms with Crippen molar-refractivity contribution in [3.63, 3.8) is 0 Å². The van der Waals surface area contributed by atoms with E-state index < -0.39 is 23.5 Å². The molecule has 0 aromatic rings. The molecule has 1 saturated heterocycles. The van der Waals surface area contributed by atoms with Gasteiger partial charge in [0, 0.05) is 0 Å². The largest absolute Gasteiger partial charge is 0.490 e. The molecule has 5 N–H and O–H groups in total. The Bertz CT molecular complexity index is 255. The Hall–Kier alpha value is 0.410. The van der Waals surface area contributed by atoms with Crippen molar-refractivity contribution in [1.29, 1.82) is 0 Å². The molecule has 0 unspecified atom stereocenters. The fraction of sp³-hybridized carbons (Fsp3) is 0. The van der Waals surface area contributed by atoms with Crippen LogP contribution in [0.3, 0.4) is 0 Å². The lowest BCUT2D eigenvalue weighted by Gasteiger charge is -2.23. The average molecular weight is 258 g/mol. The molecular formula is H5O10P3. The van der Waals surface area contributed by atoms with Crippen molar-refractivity contribution in [2.75, 3.05) is 0 Å². The third kappa shape index (κ3) is 3.97. The zero-order valence-electron chi connectivity index (χ0n) is 5.63. The Labute approximate surface area is 71.2 Å². The highest BCUT2D eigenvalue weighted by Crippen LogP contribution is 2.78. The van der Waals surface area contributed by atoms with Crippen molar-refractivity contribution >= 4 is 23.5 Å². The molecule has 1 heterocycles. The van der Waals surface area contributed by atoms with Gasteiger partial charge >= 0.3 is 23.5 Å². The van der Waals surface area contributed by atoms with Crippen molar-refractivity contribution in [3.05, 3.63) is 0 Å². The van der Waals surface area contributed by atoms with Gasteiger partial charge in [0.25, 0.3) is 0 Å². The third-order valence-electron chi connectivity index (χ3n) is 0.619. The SMILES string of the molecule is O.O=P1(O)OP(=O)(O)OP(=O)(O)O1. The second-order valence-corrected chi connectivity index (χ2v) is 6.42. The van der Waals surface area contributed by atoms with Crippen molar-refractivity contribution in [2.45, 2.75) is 0 Å². The summed E-state index contributed by atoms with van der Waals surface area (Å²) in [5.41, 5.74) is 0. The average Bonchev–Trinajstić information content (AvgIpc) is 1.44. The van der Waals surface area contributed by atoms with Gasteiger partial charge in [-0.25, -0.2) is 13.7 Å². The van der Waals surface area contributed by atoms with Gasteiger partial charge in [0.2, 0.25) is 0 Å². The Morgan fingerprint density at radius 2 is 0.846 bits per heavy atom. The monoisotopic (exact) mass is 258 g/mol. The van der Waals surface area contributed by atoms with E-state index in [2.05, 4.69) is 12.9 Å². The van der Waals surface area contributed by atoms with E-state index in [0.29, 0.717) is 0 Å². The van der Waals surface area contributed by atoms with Crippen LogP contribution in [0, 0.1) is 0 Å². The highest BCUT2D eigenvalue weighted by atomic mass is 31.3. The molecule has 1 aliphatic rings. The lowest BCUT2D eigenvalue weighted by atomic mass is 15.6. The summed E-state index contributed by atoms with van der Waals surface area (Å²) in [6.07, 6.45) is 0. The van der Waals surface area contributed by atoms with E-state index >= 15 is 0 Å². The molecule has 0 bridgehead atoms. The van der Waals surface area contributed by atoms with Gasteiger partial charge in [0.1, 0.15) is 0 Å². The van der Waals surface area contributed by atoms with Crippen LogP contribution < -0.4 is 0 Å². The van der Waals surface area contributed by atoms with Crippen LogP contribution in [0.25, 0.3) is 0 Å². The topological polar surface area (TPSA) is 171 Å². The molecule has 0 atom stereocenters. The summed E-state index contributed by atoms with van der Waals surface area (Å²) in [4.78, 5) is 25.2. The van der Waals surface area contributed by atoms with Gasteiger partial charge < -0.3 is 20.2 Å². The number of hydrogen-bond acceptors (Lipinski definition) is 6. The van der Waals surface area contributed by atoms with Crippen LogP contribution in [0.15, 0.2) is 0 Å². The summed E-state index contributed by atoms with van der Waals surface area (Å²) in [6.45, 7) is 0. The number of hydrogen-bond donors (Lipinski definition) is 3. The van der Waals surface area contributed by atoms with Gasteiger partial charge in [0.15, 0.2) is 0 Å². The van der Waals surface area contributed by atoms with Crippen molar-refractivity contribution in [1.82, 2.24) is 0 Å². The summed E-state index contributed by atoms with van der Waals surface area (Å²) in [7, 11) is -14.9. The second-order valence-electron chi connectivity index (χ2n) is 1.65. The Morgan fingerprint density at radius 3 is 1.00 bits per heavy atom. The number of phosphoric acid groups is 3. The molecule has 80 valence electrons. The van der Waals surface area contributed by atoms with Crippen LogP contribution in [0.4, 0.5) is 0 Å². The number of rotatable bonds is 0. The standard InChI is InChI=1S/H3O9P3.H2O/c1-10(2)7-11(3,4)9-12(5,6)8-10;/h(H,1,2)(H,3,4)(H,5,6);1H2. The molecular weight excluding hydrogens is 253 g/mol. The van der Waals surface area contributed by atoms with E-state index in [0.717, 1.165) is 0 Å². The van der Waals surface area contributed by atoms with E-state index in [9.17, 15) is 13.7 Å². The molecule has 0 spiro atoms. The molecule has 0 amide bonds. The van der Waals surface area contributed by atoms with E-state index in [-0.39, 0.29) is 5.48 Å². The van der Waals surface area contributed by atoms with Gasteiger partial charge in [-0.05, 0) is 0 Å². The highest BCUT2D eigenvalue weighted by molar-refractivity contribution is 7.74. The summed E-state index contributed by atoms with van der Waals surface area (Å²) in [5, 5.41) is 0. The van der Waals surface area contributed by atoms with Crippen LogP contribution >= 0.6 is 23.5 Å². The first-order valence-electron chi connectivity index (χ1n) is 2.24. The minimum Gasteiger partial charge on any atom is -0.412 e. The molecule has 0 radical (unpaired) electrons. The molecule has 0 saturated carbocycles. The lowest BCUT2D eigenvalue weighted by molar-refractivity contribution is 0.163. The van der Waals surface area contributed by atoms with E-state index in [1.54, 1.807) is 0 Å². The fourth-order valence-corrected chi connectivity index (χ4v) is 4.73. The maximum absolute atomic E-state index is 10.4. The van der Waals surface area contributed by atoms with Crippen LogP contribution in [0.2, 0.25) is 0 Å². The van der Waals surface area contributed by atoms with E-state index in [1.165, 1.54) is 0 Å². The van der Waals surface area contributed by atoms with E-state index in [1.807, 2.05) is 0 Å². The maximum atomic E-state index is 10.4. The normalized spacial score (nSPS) is 51.0. The zero-order valence-corrected chi connectivity index (χ0v) is 8.32. The third-order valence-corrected chi connectivity index (χ3v) is 5.57. The second kappa shape index (κ2) is 3.52. The van der Waals surface area contributed by atoms with Crippen LogP contribution in [-0.4, -0.2) is 20.2 Å². The van der Waals surface area contributed by atoms with Crippen LogP contribution in [-0.2, 0) is 26.6 Å². The molecule has 0 aromatic carbocycles. The maximum Gasteiger partial charge on any atom is 0.490 e. The molecule has 10 nitrogen and oxygen atoms in total. The Morgan fingerprint density at radius 1 is 0.692 bits per heavy atom. The van der Waals surface area contributed by atoms with Crippen LogP contribution in [0.1, 0.15) is 0 Å². The van der Waals surface area contributed by atoms with Crippen LogP contribution in [0.5, 0.6) is 0 Å². The summed E-state index contributed by atoms with van der Waals surface area (Å²) in [5.74, 6) is 0. The lowest BCUT2D eigenvalue weighted by Crippen LogP contribution is -2.02. The molecule has 0 aromatic heterocycles. The molecule has 1 fully saturated rings. The van der Waals surface area contributed by atoms with Gasteiger partial charge in [-0.2, -0.15) is 12.9 Å². The van der Waals surface area contributed by atoms with E-state index in [4.69, 9.17) is 14.7 Å². The predicted molar refractivity (Wildman–Crippen MR) is 36.3 cm³/mol. The minimum atomic E-state index is -4.98. The quantitative estimate of drug-likeness (QED) is 0.485. The highest BCUT2D eigenvalue weighted by Gasteiger charge is 2.52. The molecule has 13 heavy (non-hydrogen) atoms. The molecule has 1 rings (SSSR count). The van der Waals surface area contributed by atoms with Crippen molar-refractivity contribution in [3.8, 4) is 0 Å². The Kier molecular flexibility index (Phi) is 3.64. The first kappa shape index (κ1) is 13.4.